The molecule has 2 unspecified atom stereocenters. The van der Waals surface area contributed by atoms with Gasteiger partial charge in [-0.3, -0.25) is 0 Å². The summed E-state index contributed by atoms with van der Waals surface area (Å²) in [4.78, 5) is 6.92. The Kier molecular flexibility index (Phi) is 3.89. The summed E-state index contributed by atoms with van der Waals surface area (Å²) in [6.45, 7) is 6.04. The topological polar surface area (TPSA) is 42.1 Å². The molecule has 0 bridgehead atoms. The smallest absolute Gasteiger partial charge is 0.129 e. The van der Waals surface area contributed by atoms with Gasteiger partial charge < -0.3 is 10.6 Å². The molecule has 1 aliphatic rings. The summed E-state index contributed by atoms with van der Waals surface area (Å²) in [6, 6.07) is 4.43. The van der Waals surface area contributed by atoms with E-state index in [4.69, 9.17) is 17.3 Å². The van der Waals surface area contributed by atoms with Gasteiger partial charge in [-0.15, -0.1) is 0 Å². The van der Waals surface area contributed by atoms with Gasteiger partial charge in [0, 0.05) is 19.1 Å². The van der Waals surface area contributed by atoms with E-state index < -0.39 is 0 Å². The summed E-state index contributed by atoms with van der Waals surface area (Å²) >= 11 is 6.03. The molecule has 2 heterocycles. The molecule has 94 valence electrons. The van der Waals surface area contributed by atoms with E-state index in [1.54, 1.807) is 0 Å². The van der Waals surface area contributed by atoms with Gasteiger partial charge in [0.25, 0.3) is 0 Å². The van der Waals surface area contributed by atoms with Crippen molar-refractivity contribution >= 4 is 17.4 Å². The first-order chi connectivity index (χ1) is 8.11. The molecule has 17 heavy (non-hydrogen) atoms. The van der Waals surface area contributed by atoms with E-state index in [1.807, 2.05) is 12.1 Å². The van der Waals surface area contributed by atoms with Crippen LogP contribution in [0.3, 0.4) is 0 Å². The number of aromatic nitrogens is 1. The molecule has 0 radical (unpaired) electrons. The third kappa shape index (κ3) is 2.72. The highest BCUT2D eigenvalue weighted by molar-refractivity contribution is 6.31. The Balaban J connectivity index is 2.22. The van der Waals surface area contributed by atoms with Crippen LogP contribution in [0.15, 0.2) is 12.1 Å². The highest BCUT2D eigenvalue weighted by Gasteiger charge is 2.24. The van der Waals surface area contributed by atoms with Crippen molar-refractivity contribution in [1.29, 1.82) is 0 Å². The van der Waals surface area contributed by atoms with Gasteiger partial charge in [0.05, 0.1) is 10.7 Å². The van der Waals surface area contributed by atoms with Crippen molar-refractivity contribution in [3.8, 4) is 0 Å². The van der Waals surface area contributed by atoms with E-state index in [0.29, 0.717) is 17.6 Å². The van der Waals surface area contributed by atoms with Crippen LogP contribution in [0.1, 0.15) is 32.4 Å². The molecule has 3 nitrogen and oxygen atoms in total. The second-order valence-electron chi connectivity index (χ2n) is 4.97. The van der Waals surface area contributed by atoms with Crippen LogP contribution in [-0.4, -0.2) is 17.6 Å². The number of rotatable bonds is 2. The Bertz CT molecular complexity index is 394. The van der Waals surface area contributed by atoms with Crippen LogP contribution in [0.2, 0.25) is 5.02 Å². The average molecular weight is 254 g/mol. The molecule has 0 aromatic carbocycles. The minimum absolute atomic E-state index is 0.394. The largest absolute Gasteiger partial charge is 0.354 e. The van der Waals surface area contributed by atoms with Gasteiger partial charge in [-0.25, -0.2) is 4.98 Å². The zero-order valence-corrected chi connectivity index (χ0v) is 11.2. The van der Waals surface area contributed by atoms with Gasteiger partial charge in [-0.1, -0.05) is 18.5 Å². The summed E-state index contributed by atoms with van der Waals surface area (Å²) in [6.07, 6.45) is 2.45. The van der Waals surface area contributed by atoms with Gasteiger partial charge in [-0.2, -0.15) is 0 Å². The molecule has 1 fully saturated rings. The Hall–Kier alpha value is -0.800. The fourth-order valence-corrected chi connectivity index (χ4v) is 2.71. The lowest BCUT2D eigenvalue weighted by atomic mass is 9.93. The Morgan fingerprint density at radius 1 is 1.47 bits per heavy atom. The molecule has 2 atom stereocenters. The van der Waals surface area contributed by atoms with Crippen LogP contribution in [-0.2, 0) is 6.54 Å². The van der Waals surface area contributed by atoms with Crippen molar-refractivity contribution in [3.05, 3.63) is 22.8 Å². The SMILES string of the molecule is CC1CCN(c2ccc(Cl)c(CN)n2)C(C)C1. The number of anilines is 1. The second-order valence-corrected chi connectivity index (χ2v) is 5.38. The van der Waals surface area contributed by atoms with Gasteiger partial charge in [0.2, 0.25) is 0 Å². The molecule has 4 heteroatoms. The normalized spacial score (nSPS) is 25.1. The third-order valence-electron chi connectivity index (χ3n) is 3.53. The van der Waals surface area contributed by atoms with Crippen LogP contribution in [0.25, 0.3) is 0 Å². The minimum Gasteiger partial charge on any atom is -0.354 e. The van der Waals surface area contributed by atoms with Gasteiger partial charge >= 0.3 is 0 Å². The Morgan fingerprint density at radius 2 is 2.24 bits per heavy atom. The van der Waals surface area contributed by atoms with Crippen molar-refractivity contribution in [2.24, 2.45) is 11.7 Å². The molecule has 0 spiro atoms. The number of hydrogen-bond acceptors (Lipinski definition) is 3. The van der Waals surface area contributed by atoms with Crippen molar-refractivity contribution in [3.63, 3.8) is 0 Å². The number of nitrogens with zero attached hydrogens (tertiary/aromatic N) is 2. The lowest BCUT2D eigenvalue weighted by Gasteiger charge is -2.37. The van der Waals surface area contributed by atoms with E-state index >= 15 is 0 Å². The summed E-state index contributed by atoms with van der Waals surface area (Å²) in [5, 5.41) is 0.661. The molecular weight excluding hydrogens is 234 g/mol. The lowest BCUT2D eigenvalue weighted by Crippen LogP contribution is -2.40. The minimum atomic E-state index is 0.394. The summed E-state index contributed by atoms with van der Waals surface area (Å²) in [5.74, 6) is 1.82. The predicted molar refractivity (Wildman–Crippen MR) is 72.3 cm³/mol. The maximum atomic E-state index is 6.03. The van der Waals surface area contributed by atoms with Gasteiger partial charge in [-0.05, 0) is 37.8 Å². The predicted octanol–water partition coefficient (Wildman–Crippen LogP) is 2.82. The molecule has 0 aliphatic carbocycles. The van der Waals surface area contributed by atoms with E-state index in [-0.39, 0.29) is 0 Å². The first-order valence-electron chi connectivity index (χ1n) is 6.24. The number of nitrogens with two attached hydrogens (primary N) is 1. The van der Waals surface area contributed by atoms with Crippen LogP contribution >= 0.6 is 11.6 Å². The zero-order valence-electron chi connectivity index (χ0n) is 10.5. The standard InChI is InChI=1S/C13H20ClN3/c1-9-5-6-17(10(2)7-9)13-4-3-11(14)12(8-15)16-13/h3-4,9-10H,5-8,15H2,1-2H3. The summed E-state index contributed by atoms with van der Waals surface area (Å²) in [5.41, 5.74) is 6.43. The molecule has 1 aromatic heterocycles. The molecular formula is C13H20ClN3. The first-order valence-corrected chi connectivity index (χ1v) is 6.61. The number of piperidine rings is 1. The first kappa shape index (κ1) is 12.7. The maximum absolute atomic E-state index is 6.03. The highest BCUT2D eigenvalue weighted by atomic mass is 35.5. The summed E-state index contributed by atoms with van der Waals surface area (Å²) < 4.78 is 0. The molecule has 0 saturated carbocycles. The lowest BCUT2D eigenvalue weighted by molar-refractivity contribution is 0.376. The third-order valence-corrected chi connectivity index (χ3v) is 3.87. The fraction of sp³-hybridized carbons (Fsp3) is 0.615. The number of pyridine rings is 1. The maximum Gasteiger partial charge on any atom is 0.129 e. The van der Waals surface area contributed by atoms with Crippen molar-refractivity contribution in [1.82, 2.24) is 4.98 Å². The van der Waals surface area contributed by atoms with E-state index in [9.17, 15) is 0 Å². The van der Waals surface area contributed by atoms with Crippen molar-refractivity contribution in [2.45, 2.75) is 39.3 Å². The molecule has 1 aliphatic heterocycles. The Morgan fingerprint density at radius 3 is 2.88 bits per heavy atom. The number of halogens is 1. The van der Waals surface area contributed by atoms with E-state index in [2.05, 4.69) is 23.7 Å². The quantitative estimate of drug-likeness (QED) is 0.881. The fourth-order valence-electron chi connectivity index (χ4n) is 2.52. The van der Waals surface area contributed by atoms with Gasteiger partial charge in [0.1, 0.15) is 5.82 Å². The zero-order chi connectivity index (χ0) is 12.4. The highest BCUT2D eigenvalue weighted by Crippen LogP contribution is 2.27. The number of hydrogen-bond donors (Lipinski definition) is 1. The molecule has 1 aromatic rings. The molecule has 2 rings (SSSR count). The monoisotopic (exact) mass is 253 g/mol. The van der Waals surface area contributed by atoms with Crippen LogP contribution in [0.5, 0.6) is 0 Å². The average Bonchev–Trinajstić information content (AvgIpc) is 2.30. The second kappa shape index (κ2) is 5.23. The van der Waals surface area contributed by atoms with Crippen molar-refractivity contribution < 1.29 is 0 Å². The molecule has 0 amide bonds. The van der Waals surface area contributed by atoms with E-state index in [1.165, 1.54) is 12.8 Å². The Labute approximate surface area is 108 Å². The van der Waals surface area contributed by atoms with Gasteiger partial charge in [0.15, 0.2) is 0 Å². The van der Waals surface area contributed by atoms with Crippen LogP contribution in [0, 0.1) is 5.92 Å². The molecule has 1 saturated heterocycles. The van der Waals surface area contributed by atoms with Crippen molar-refractivity contribution in [2.75, 3.05) is 11.4 Å². The van der Waals surface area contributed by atoms with Crippen LogP contribution < -0.4 is 10.6 Å². The molecule has 2 N–H and O–H groups in total. The van der Waals surface area contributed by atoms with Crippen LogP contribution in [0.4, 0.5) is 5.82 Å². The van der Waals surface area contributed by atoms with E-state index in [0.717, 1.165) is 24.0 Å². The summed E-state index contributed by atoms with van der Waals surface area (Å²) in [7, 11) is 0.